The topological polar surface area (TPSA) is 134 Å². The van der Waals surface area contributed by atoms with Gasteiger partial charge in [-0.2, -0.15) is 22.9 Å². The molecule has 3 aromatic rings. The second-order valence-corrected chi connectivity index (χ2v) is 13.3. The highest BCUT2D eigenvalue weighted by molar-refractivity contribution is 7.89. The van der Waals surface area contributed by atoms with Crippen molar-refractivity contribution in [2.24, 2.45) is 5.92 Å². The zero-order chi connectivity index (χ0) is 31.8. The van der Waals surface area contributed by atoms with Gasteiger partial charge in [-0.05, 0) is 45.2 Å². The highest BCUT2D eigenvalue weighted by Gasteiger charge is 2.40. The summed E-state index contributed by atoms with van der Waals surface area (Å²) in [5.41, 5.74) is -0.761. The summed E-state index contributed by atoms with van der Waals surface area (Å²) in [7, 11) is -4.89. The summed E-state index contributed by atoms with van der Waals surface area (Å²) < 4.78 is 120. The summed E-state index contributed by atoms with van der Waals surface area (Å²) in [4.78, 5) is 18.9. The molecule has 18 heteroatoms. The monoisotopic (exact) mass is 656 g/mol. The molecule has 1 aromatic carbocycles. The number of halogens is 6. The lowest BCUT2D eigenvalue weighted by Gasteiger charge is -2.25. The minimum atomic E-state index is -5.26. The molecular formula is C25H26F6N4O6S2. The SMILES string of the molecule is C[C@H](NS(=O)(=O)c1ccc(-c2sc(-c3noc(CC(C)(C)OC=O)n3)nc2CC2CCC2)c(OC(F)(F)F)c1)C(F)(F)F. The molecule has 1 N–H and O–H groups in total. The van der Waals surface area contributed by atoms with E-state index in [0.717, 1.165) is 42.7 Å². The van der Waals surface area contributed by atoms with Crippen molar-refractivity contribution in [3.63, 3.8) is 0 Å². The highest BCUT2D eigenvalue weighted by atomic mass is 32.2. The minimum absolute atomic E-state index is 0.0193. The summed E-state index contributed by atoms with van der Waals surface area (Å²) in [5.74, 6) is -0.613. The van der Waals surface area contributed by atoms with Crippen molar-refractivity contribution in [3.8, 4) is 27.0 Å². The Labute approximate surface area is 245 Å². The number of thiazole rings is 1. The van der Waals surface area contributed by atoms with E-state index < -0.39 is 44.8 Å². The van der Waals surface area contributed by atoms with Gasteiger partial charge in [-0.3, -0.25) is 4.79 Å². The van der Waals surface area contributed by atoms with Crippen molar-refractivity contribution in [1.29, 1.82) is 0 Å². The van der Waals surface area contributed by atoms with Gasteiger partial charge in [-0.25, -0.2) is 13.4 Å². The van der Waals surface area contributed by atoms with E-state index in [9.17, 15) is 39.6 Å². The molecule has 236 valence electrons. The molecule has 2 heterocycles. The van der Waals surface area contributed by atoms with Crippen LogP contribution >= 0.6 is 11.3 Å². The maximum atomic E-state index is 13.5. The van der Waals surface area contributed by atoms with E-state index in [1.54, 1.807) is 13.8 Å². The van der Waals surface area contributed by atoms with E-state index in [2.05, 4.69) is 19.9 Å². The Kier molecular flexibility index (Phi) is 9.14. The smallest absolute Gasteiger partial charge is 0.461 e. The molecule has 0 saturated heterocycles. The van der Waals surface area contributed by atoms with Crippen LogP contribution in [0.3, 0.4) is 0 Å². The van der Waals surface area contributed by atoms with Crippen molar-refractivity contribution >= 4 is 27.8 Å². The van der Waals surface area contributed by atoms with Crippen LogP contribution in [0.5, 0.6) is 5.75 Å². The summed E-state index contributed by atoms with van der Waals surface area (Å²) in [6, 6.07) is -0.0747. The quantitative estimate of drug-likeness (QED) is 0.189. The maximum Gasteiger partial charge on any atom is 0.573 e. The van der Waals surface area contributed by atoms with Gasteiger partial charge >= 0.3 is 12.5 Å². The molecule has 1 aliphatic carbocycles. The van der Waals surface area contributed by atoms with E-state index in [-0.39, 0.29) is 46.0 Å². The van der Waals surface area contributed by atoms with Crippen molar-refractivity contribution < 1.29 is 53.6 Å². The third-order valence-corrected chi connectivity index (χ3v) is 9.23. The van der Waals surface area contributed by atoms with Crippen LogP contribution in [0.25, 0.3) is 21.3 Å². The predicted octanol–water partition coefficient (Wildman–Crippen LogP) is 5.82. The zero-order valence-corrected chi connectivity index (χ0v) is 24.5. The molecule has 0 unspecified atom stereocenters. The average Bonchev–Trinajstić information content (AvgIpc) is 3.46. The number of sulfonamides is 1. The lowest BCUT2D eigenvalue weighted by Crippen LogP contribution is -2.42. The van der Waals surface area contributed by atoms with Gasteiger partial charge in [0.05, 0.1) is 21.9 Å². The third-order valence-electron chi connectivity index (χ3n) is 6.56. The van der Waals surface area contributed by atoms with Gasteiger partial charge in [-0.15, -0.1) is 24.5 Å². The van der Waals surface area contributed by atoms with Crippen LogP contribution in [0, 0.1) is 5.92 Å². The first kappa shape index (κ1) is 32.7. The van der Waals surface area contributed by atoms with Crippen molar-refractivity contribution in [1.82, 2.24) is 19.8 Å². The number of hydrogen-bond acceptors (Lipinski definition) is 10. The molecule has 1 aliphatic rings. The Morgan fingerprint density at radius 1 is 1.16 bits per heavy atom. The van der Waals surface area contributed by atoms with E-state index in [0.29, 0.717) is 25.1 Å². The Balaban J connectivity index is 1.77. The summed E-state index contributed by atoms with van der Waals surface area (Å²) in [6.45, 7) is 4.08. The molecule has 1 fully saturated rings. The van der Waals surface area contributed by atoms with Gasteiger partial charge < -0.3 is 14.0 Å². The third kappa shape index (κ3) is 8.23. The number of hydrogen-bond donors (Lipinski definition) is 1. The Morgan fingerprint density at radius 3 is 2.44 bits per heavy atom. The average molecular weight is 657 g/mol. The molecule has 0 spiro atoms. The lowest BCUT2D eigenvalue weighted by atomic mass is 9.82. The molecule has 10 nitrogen and oxygen atoms in total. The van der Waals surface area contributed by atoms with Crippen molar-refractivity contribution in [3.05, 3.63) is 29.8 Å². The first-order valence-corrected chi connectivity index (χ1v) is 15.1. The second-order valence-electron chi connectivity index (χ2n) is 10.5. The fourth-order valence-corrected chi connectivity index (χ4v) is 6.44. The first-order chi connectivity index (χ1) is 19.9. The summed E-state index contributed by atoms with van der Waals surface area (Å²) >= 11 is 0.907. The van der Waals surface area contributed by atoms with Crippen LogP contribution in [0.15, 0.2) is 27.6 Å². The maximum absolute atomic E-state index is 13.5. The molecule has 0 amide bonds. The van der Waals surface area contributed by atoms with Crippen molar-refractivity contribution in [2.75, 3.05) is 0 Å². The molecule has 0 aliphatic heterocycles. The van der Waals surface area contributed by atoms with Gasteiger partial charge in [0, 0.05) is 11.6 Å². The van der Waals surface area contributed by atoms with Gasteiger partial charge in [0.1, 0.15) is 17.4 Å². The predicted molar refractivity (Wildman–Crippen MR) is 139 cm³/mol. The zero-order valence-electron chi connectivity index (χ0n) is 22.9. The number of ether oxygens (including phenoxy) is 2. The van der Waals surface area contributed by atoms with E-state index in [1.807, 2.05) is 0 Å². The van der Waals surface area contributed by atoms with E-state index >= 15 is 0 Å². The first-order valence-electron chi connectivity index (χ1n) is 12.8. The Morgan fingerprint density at radius 2 is 1.86 bits per heavy atom. The summed E-state index contributed by atoms with van der Waals surface area (Å²) in [6.07, 6.45) is -7.03. The second kappa shape index (κ2) is 12.0. The molecule has 0 bridgehead atoms. The van der Waals surface area contributed by atoms with Crippen LogP contribution in [-0.2, 0) is 32.4 Å². The Hall–Kier alpha value is -3.25. The fraction of sp³-hybridized carbons (Fsp3) is 0.520. The van der Waals surface area contributed by atoms with Crippen LogP contribution in [0.1, 0.15) is 51.6 Å². The standard InChI is InChI=1S/C25H26F6N4O6S2/c1-13(24(26,27)28)35-43(37,38)15-7-8-16(18(10-15)40-25(29,30)31)20-17(9-14-5-4-6-14)32-22(42-20)21-33-19(41-34-21)11-23(2,3)39-12-36/h7-8,10,12-14,35H,4-6,9,11H2,1-3H3/t13-/m0/s1. The largest absolute Gasteiger partial charge is 0.573 e. The molecule has 1 saturated carbocycles. The van der Waals surface area contributed by atoms with Gasteiger partial charge in [0.2, 0.25) is 21.7 Å². The minimum Gasteiger partial charge on any atom is -0.461 e. The van der Waals surface area contributed by atoms with Crippen LogP contribution in [-0.4, -0.2) is 54.2 Å². The van der Waals surface area contributed by atoms with E-state index in [1.165, 1.54) is 4.72 Å². The Bertz CT molecular complexity index is 1560. The van der Waals surface area contributed by atoms with Crippen LogP contribution < -0.4 is 9.46 Å². The lowest BCUT2D eigenvalue weighted by molar-refractivity contribution is -0.274. The molecule has 43 heavy (non-hydrogen) atoms. The van der Waals surface area contributed by atoms with Crippen molar-refractivity contribution in [2.45, 2.75) is 82.0 Å². The molecular weight excluding hydrogens is 630 g/mol. The number of benzene rings is 1. The number of alkyl halides is 6. The number of rotatable bonds is 12. The number of carbonyl (C=O) groups excluding carboxylic acids is 1. The normalized spacial score (nSPS) is 15.7. The highest BCUT2D eigenvalue weighted by Crippen LogP contribution is 2.44. The van der Waals surface area contributed by atoms with Crippen LogP contribution in [0.4, 0.5) is 26.3 Å². The molecule has 0 radical (unpaired) electrons. The van der Waals surface area contributed by atoms with Gasteiger partial charge in [0.15, 0.2) is 5.01 Å². The number of nitrogens with zero attached hydrogens (tertiary/aromatic N) is 3. The molecule has 1 atom stereocenters. The number of nitrogens with one attached hydrogen (secondary N) is 1. The molecule has 2 aromatic heterocycles. The number of aromatic nitrogens is 3. The molecule has 4 rings (SSSR count). The summed E-state index contributed by atoms with van der Waals surface area (Å²) in [5, 5.41) is 4.08. The fourth-order valence-electron chi connectivity index (χ4n) is 4.15. The number of carbonyl (C=O) groups is 1. The van der Waals surface area contributed by atoms with Gasteiger partial charge in [0.25, 0.3) is 6.47 Å². The van der Waals surface area contributed by atoms with E-state index in [4.69, 9.17) is 9.26 Å². The van der Waals surface area contributed by atoms with Gasteiger partial charge in [-0.1, -0.05) is 24.4 Å². The van der Waals surface area contributed by atoms with Crippen LogP contribution in [0.2, 0.25) is 0 Å².